The Morgan fingerprint density at radius 2 is 1.38 bits per heavy atom. The van der Waals surface area contributed by atoms with Crippen molar-refractivity contribution in [2.45, 2.75) is 19.8 Å². The molecular weight excluding hydrogens is 393 g/mol. The summed E-state index contributed by atoms with van der Waals surface area (Å²) < 4.78 is 42.6. The van der Waals surface area contributed by atoms with Gasteiger partial charge in [0.1, 0.15) is 22.5 Å². The van der Waals surface area contributed by atoms with Gasteiger partial charge < -0.3 is 0 Å². The van der Waals surface area contributed by atoms with E-state index in [4.69, 9.17) is 11.6 Å². The zero-order chi connectivity index (χ0) is 20.5. The van der Waals surface area contributed by atoms with Crippen molar-refractivity contribution < 1.29 is 13.2 Å². The van der Waals surface area contributed by atoms with E-state index in [0.717, 1.165) is 18.2 Å². The van der Waals surface area contributed by atoms with Crippen LogP contribution >= 0.6 is 11.6 Å². The zero-order valence-electron chi connectivity index (χ0n) is 15.8. The largest absolute Gasteiger partial charge is 0.206 e. The lowest BCUT2D eigenvalue weighted by Gasteiger charge is -2.10. The van der Waals surface area contributed by atoms with Gasteiger partial charge in [0.25, 0.3) is 0 Å². The molecule has 4 aromatic carbocycles. The molecule has 0 saturated carbocycles. The molecule has 0 aliphatic carbocycles. The van der Waals surface area contributed by atoms with Gasteiger partial charge in [0.05, 0.1) is 0 Å². The van der Waals surface area contributed by atoms with Crippen LogP contribution in [-0.2, 0) is 6.42 Å². The lowest BCUT2D eigenvalue weighted by molar-refractivity contribution is 0.585. The molecule has 29 heavy (non-hydrogen) atoms. The molecular formula is C25H18ClF3. The third kappa shape index (κ3) is 3.75. The first-order valence-electron chi connectivity index (χ1n) is 9.44. The monoisotopic (exact) mass is 410 g/mol. The Hall–Kier alpha value is -2.78. The Bertz CT molecular complexity index is 1170. The maximum Gasteiger partial charge on any atom is 0.145 e. The highest BCUT2D eigenvalue weighted by molar-refractivity contribution is 6.31. The van der Waals surface area contributed by atoms with Crippen LogP contribution in [-0.4, -0.2) is 0 Å². The average molecular weight is 411 g/mol. The first kappa shape index (κ1) is 19.5. The van der Waals surface area contributed by atoms with Crippen LogP contribution in [0.5, 0.6) is 0 Å². The minimum Gasteiger partial charge on any atom is -0.206 e. The van der Waals surface area contributed by atoms with Crippen LogP contribution in [0.2, 0.25) is 5.02 Å². The molecule has 0 amide bonds. The van der Waals surface area contributed by atoms with Gasteiger partial charge in [0.2, 0.25) is 0 Å². The van der Waals surface area contributed by atoms with E-state index in [1.807, 2.05) is 24.3 Å². The molecule has 0 aliphatic heterocycles. The minimum absolute atomic E-state index is 0.276. The van der Waals surface area contributed by atoms with Gasteiger partial charge in [0, 0.05) is 10.9 Å². The molecule has 0 nitrogen and oxygen atoms in total. The summed E-state index contributed by atoms with van der Waals surface area (Å²) in [6.45, 7) is 2.12. The van der Waals surface area contributed by atoms with E-state index in [-0.39, 0.29) is 5.82 Å². The van der Waals surface area contributed by atoms with E-state index in [1.54, 1.807) is 30.3 Å². The maximum atomic E-state index is 15.1. The van der Waals surface area contributed by atoms with Gasteiger partial charge in [-0.2, -0.15) is 0 Å². The summed E-state index contributed by atoms with van der Waals surface area (Å²) in [7, 11) is 0. The van der Waals surface area contributed by atoms with Crippen LogP contribution in [0.3, 0.4) is 0 Å². The fourth-order valence-electron chi connectivity index (χ4n) is 3.57. The molecule has 0 fully saturated rings. The Kier molecular flexibility index (Phi) is 5.33. The molecule has 0 heterocycles. The molecule has 146 valence electrons. The molecule has 0 bridgehead atoms. The van der Waals surface area contributed by atoms with Gasteiger partial charge in [0.15, 0.2) is 0 Å². The molecule has 4 aromatic rings. The van der Waals surface area contributed by atoms with Gasteiger partial charge in [-0.1, -0.05) is 79.5 Å². The third-order valence-electron chi connectivity index (χ3n) is 5.07. The highest BCUT2D eigenvalue weighted by atomic mass is 35.5. The van der Waals surface area contributed by atoms with E-state index in [0.29, 0.717) is 27.6 Å². The second-order valence-electron chi connectivity index (χ2n) is 7.06. The van der Waals surface area contributed by atoms with Crippen molar-refractivity contribution in [1.82, 2.24) is 0 Å². The van der Waals surface area contributed by atoms with Crippen molar-refractivity contribution in [1.29, 1.82) is 0 Å². The lowest BCUT2D eigenvalue weighted by atomic mass is 9.96. The molecule has 0 spiro atoms. The van der Waals surface area contributed by atoms with E-state index < -0.39 is 16.7 Å². The standard InChI is InChI=1S/C25H18ClF3/c1-2-3-15-4-10-21-18(12-15)9-11-20(25(21)29)17-7-5-16(6-8-17)19-13-22(27)24(26)23(28)14-19/h4-14H,2-3H2,1H3. The van der Waals surface area contributed by atoms with Crippen molar-refractivity contribution in [3.63, 3.8) is 0 Å². The minimum atomic E-state index is -0.811. The summed E-state index contributed by atoms with van der Waals surface area (Å²) in [4.78, 5) is 0. The lowest BCUT2D eigenvalue weighted by Crippen LogP contribution is -1.90. The maximum absolute atomic E-state index is 15.1. The summed E-state index contributed by atoms with van der Waals surface area (Å²) in [5, 5.41) is 0.930. The van der Waals surface area contributed by atoms with E-state index in [1.165, 1.54) is 17.7 Å². The van der Waals surface area contributed by atoms with Gasteiger partial charge in [-0.3, -0.25) is 0 Å². The summed E-state index contributed by atoms with van der Waals surface area (Å²) in [6, 6.07) is 18.8. The number of rotatable bonds is 4. The van der Waals surface area contributed by atoms with Crippen molar-refractivity contribution in [3.8, 4) is 22.3 Å². The second kappa shape index (κ2) is 7.92. The molecule has 4 heteroatoms. The predicted octanol–water partition coefficient (Wildman–Crippen LogP) is 8.20. The molecule has 0 aliphatic rings. The van der Waals surface area contributed by atoms with Gasteiger partial charge in [-0.25, -0.2) is 13.2 Å². The number of fused-ring (bicyclic) bond motifs is 1. The number of halogens is 4. The normalized spacial score (nSPS) is 11.2. The topological polar surface area (TPSA) is 0 Å². The highest BCUT2D eigenvalue weighted by Crippen LogP contribution is 2.32. The van der Waals surface area contributed by atoms with Crippen LogP contribution in [0.25, 0.3) is 33.0 Å². The van der Waals surface area contributed by atoms with Crippen LogP contribution in [0, 0.1) is 17.5 Å². The number of hydrogen-bond acceptors (Lipinski definition) is 0. The summed E-state index contributed by atoms with van der Waals surface area (Å²) in [5.74, 6) is -1.90. The van der Waals surface area contributed by atoms with E-state index >= 15 is 4.39 Å². The number of hydrogen-bond donors (Lipinski definition) is 0. The van der Waals surface area contributed by atoms with Crippen molar-refractivity contribution >= 4 is 22.4 Å². The fourth-order valence-corrected chi connectivity index (χ4v) is 3.68. The first-order chi connectivity index (χ1) is 14.0. The molecule has 0 radical (unpaired) electrons. The summed E-state index contributed by atoms with van der Waals surface area (Å²) >= 11 is 5.54. The second-order valence-corrected chi connectivity index (χ2v) is 7.44. The van der Waals surface area contributed by atoms with Crippen molar-refractivity contribution in [2.24, 2.45) is 0 Å². The van der Waals surface area contributed by atoms with E-state index in [2.05, 4.69) is 6.92 Å². The molecule has 0 unspecified atom stereocenters. The average Bonchev–Trinajstić information content (AvgIpc) is 2.72. The number of benzene rings is 4. The Labute approximate surface area is 172 Å². The zero-order valence-corrected chi connectivity index (χ0v) is 16.5. The Balaban J connectivity index is 1.71. The molecule has 0 N–H and O–H groups in total. The van der Waals surface area contributed by atoms with Gasteiger partial charge >= 0.3 is 0 Å². The van der Waals surface area contributed by atoms with Crippen LogP contribution in [0.4, 0.5) is 13.2 Å². The Morgan fingerprint density at radius 3 is 2.03 bits per heavy atom. The smallest absolute Gasteiger partial charge is 0.145 e. The molecule has 0 saturated heterocycles. The van der Waals surface area contributed by atoms with Crippen molar-refractivity contribution in [2.75, 3.05) is 0 Å². The molecule has 4 rings (SSSR count). The van der Waals surface area contributed by atoms with E-state index in [9.17, 15) is 8.78 Å². The highest BCUT2D eigenvalue weighted by Gasteiger charge is 2.12. The van der Waals surface area contributed by atoms with Crippen LogP contribution in [0.1, 0.15) is 18.9 Å². The Morgan fingerprint density at radius 1 is 0.724 bits per heavy atom. The molecule has 0 atom stereocenters. The summed E-state index contributed by atoms with van der Waals surface area (Å²) in [6.07, 6.45) is 2.01. The number of aryl methyl sites for hydroxylation is 1. The quantitative estimate of drug-likeness (QED) is 0.297. The predicted molar refractivity (Wildman–Crippen MR) is 114 cm³/mol. The first-order valence-corrected chi connectivity index (χ1v) is 9.82. The van der Waals surface area contributed by atoms with Crippen molar-refractivity contribution in [3.05, 3.63) is 94.8 Å². The molecule has 0 aromatic heterocycles. The van der Waals surface area contributed by atoms with Gasteiger partial charge in [-0.15, -0.1) is 0 Å². The van der Waals surface area contributed by atoms with Gasteiger partial charge in [-0.05, 0) is 46.2 Å². The van der Waals surface area contributed by atoms with Crippen LogP contribution < -0.4 is 0 Å². The third-order valence-corrected chi connectivity index (χ3v) is 5.43. The van der Waals surface area contributed by atoms with Crippen LogP contribution in [0.15, 0.2) is 66.7 Å². The fraction of sp³-hybridized carbons (Fsp3) is 0.120. The SMILES string of the molecule is CCCc1ccc2c(F)c(-c3ccc(-c4cc(F)c(Cl)c(F)c4)cc3)ccc2c1. The summed E-state index contributed by atoms with van der Waals surface area (Å²) in [5.41, 5.74) is 3.37.